The molecule has 1 atom stereocenters. The van der Waals surface area contributed by atoms with Crippen LogP contribution >= 0.6 is 0 Å². The van der Waals surface area contributed by atoms with Crippen molar-refractivity contribution in [3.63, 3.8) is 0 Å². The van der Waals surface area contributed by atoms with Crippen molar-refractivity contribution in [2.24, 2.45) is 5.92 Å². The van der Waals surface area contributed by atoms with Crippen molar-refractivity contribution in [2.75, 3.05) is 0 Å². The lowest BCUT2D eigenvalue weighted by Gasteiger charge is -2.10. The number of carbonyl (C=O) groups is 2. The molecule has 5 rings (SSSR count). The molecule has 0 saturated carbocycles. The van der Waals surface area contributed by atoms with Crippen LogP contribution in [0.2, 0.25) is 0 Å². The molecule has 0 fully saturated rings. The first-order valence-electron chi connectivity index (χ1n) is 11.6. The Balaban J connectivity index is 1.37. The molecule has 0 aliphatic rings. The highest BCUT2D eigenvalue weighted by atomic mass is 16.4. The molecule has 8 nitrogen and oxygen atoms in total. The molecule has 5 aromatic rings. The van der Waals surface area contributed by atoms with Crippen molar-refractivity contribution in [3.8, 4) is 28.6 Å². The summed E-state index contributed by atoms with van der Waals surface area (Å²) in [5.41, 5.74) is 3.01. The van der Waals surface area contributed by atoms with E-state index < -0.39 is 11.9 Å². The number of hydrogen-bond acceptors (Lipinski definition) is 6. The van der Waals surface area contributed by atoms with Crippen LogP contribution in [0.15, 0.2) is 77.4 Å². The van der Waals surface area contributed by atoms with Gasteiger partial charge in [0.25, 0.3) is 0 Å². The first-order chi connectivity index (χ1) is 17.8. The Morgan fingerprint density at radius 1 is 0.919 bits per heavy atom. The Hall–Kier alpha value is -4.98. The van der Waals surface area contributed by atoms with Crippen LogP contribution in [0.3, 0.4) is 0 Å². The van der Waals surface area contributed by atoms with Crippen LogP contribution in [0.5, 0.6) is 17.2 Å². The molecule has 0 aliphatic heterocycles. The molecular weight excluding hydrogens is 474 g/mol. The normalized spacial score (nSPS) is 12.4. The van der Waals surface area contributed by atoms with Gasteiger partial charge in [0.15, 0.2) is 28.6 Å². The molecule has 0 saturated heterocycles. The zero-order valence-corrected chi connectivity index (χ0v) is 19.5. The topological polar surface area (TPSA) is 144 Å². The highest BCUT2D eigenvalue weighted by Gasteiger charge is 2.22. The fourth-order valence-corrected chi connectivity index (χ4v) is 4.40. The van der Waals surface area contributed by atoms with Gasteiger partial charge in [-0.25, -0.2) is 0 Å². The third kappa shape index (κ3) is 4.77. The number of allylic oxidation sites excluding steroid dienone is 1. The third-order valence-corrected chi connectivity index (χ3v) is 6.34. The second-order valence-corrected chi connectivity index (χ2v) is 8.83. The number of fused-ring (bicyclic) bond motifs is 2. The van der Waals surface area contributed by atoms with Crippen molar-refractivity contribution in [1.29, 1.82) is 0 Å². The molecule has 2 aromatic heterocycles. The average Bonchev–Trinajstić information content (AvgIpc) is 3.51. The minimum absolute atomic E-state index is 0.0996. The first-order valence-corrected chi connectivity index (χ1v) is 11.6. The molecule has 0 radical (unpaired) electrons. The van der Waals surface area contributed by atoms with E-state index in [0.717, 1.165) is 16.5 Å². The fraction of sp³-hybridized carbons (Fsp3) is 0.103. The Bertz CT molecular complexity index is 1670. The number of carboxylic acids is 1. The molecule has 5 N–H and O–H groups in total. The summed E-state index contributed by atoms with van der Waals surface area (Å²) in [5.74, 6) is -2.62. The van der Waals surface area contributed by atoms with Gasteiger partial charge in [0.2, 0.25) is 0 Å². The Morgan fingerprint density at radius 2 is 1.70 bits per heavy atom. The van der Waals surface area contributed by atoms with Gasteiger partial charge in [-0.2, -0.15) is 0 Å². The zero-order valence-electron chi connectivity index (χ0n) is 19.5. The van der Waals surface area contributed by atoms with Crippen molar-refractivity contribution in [3.05, 3.63) is 84.1 Å². The molecule has 0 bridgehead atoms. The predicted octanol–water partition coefficient (Wildman–Crippen LogP) is 5.61. The van der Waals surface area contributed by atoms with Crippen molar-refractivity contribution >= 4 is 39.7 Å². The van der Waals surface area contributed by atoms with Gasteiger partial charge in [0, 0.05) is 34.5 Å². The van der Waals surface area contributed by atoms with E-state index in [1.165, 1.54) is 24.3 Å². The summed E-state index contributed by atoms with van der Waals surface area (Å²) >= 11 is 0. The molecular formula is C29H23NO7. The van der Waals surface area contributed by atoms with E-state index in [-0.39, 0.29) is 41.5 Å². The van der Waals surface area contributed by atoms with Gasteiger partial charge in [-0.3, -0.25) is 9.59 Å². The van der Waals surface area contributed by atoms with E-state index in [4.69, 9.17) is 4.42 Å². The van der Waals surface area contributed by atoms with Crippen LogP contribution < -0.4 is 0 Å². The second kappa shape index (κ2) is 9.58. The van der Waals surface area contributed by atoms with E-state index in [1.807, 2.05) is 24.3 Å². The number of aromatic hydroxyl groups is 3. The number of phenolic OH excluding ortho intramolecular Hbond substituents is 3. The maximum atomic E-state index is 12.7. The van der Waals surface area contributed by atoms with Gasteiger partial charge >= 0.3 is 5.97 Å². The standard InChI is InChI=1S/C29H23NO7/c31-20(12-18(29(35)36)11-19-15-30-23-4-2-1-3-21(19)23)8-5-16-6-10-25(33)28-22(16)14-27(37-28)17-7-9-24(32)26(34)13-17/h1-10,13-15,18,30,32-34H,11-12H2,(H,35,36)/b8-5+/t18-/m0/s1. The lowest BCUT2D eigenvalue weighted by molar-refractivity contribution is -0.143. The summed E-state index contributed by atoms with van der Waals surface area (Å²) in [6.07, 6.45) is 4.71. The predicted molar refractivity (Wildman–Crippen MR) is 138 cm³/mol. The van der Waals surface area contributed by atoms with Crippen LogP contribution in [0.25, 0.3) is 39.3 Å². The minimum Gasteiger partial charge on any atom is -0.504 e. The lowest BCUT2D eigenvalue weighted by Crippen LogP contribution is -2.19. The monoisotopic (exact) mass is 497 g/mol. The smallest absolute Gasteiger partial charge is 0.307 e. The Morgan fingerprint density at radius 3 is 2.49 bits per heavy atom. The quantitative estimate of drug-likeness (QED) is 0.138. The highest BCUT2D eigenvalue weighted by molar-refractivity contribution is 6.00. The molecule has 0 spiro atoms. The van der Waals surface area contributed by atoms with Crippen LogP contribution in [0.1, 0.15) is 17.5 Å². The summed E-state index contributed by atoms with van der Waals surface area (Å²) in [5, 5.41) is 40.8. The molecule has 186 valence electrons. The molecule has 37 heavy (non-hydrogen) atoms. The zero-order chi connectivity index (χ0) is 26.1. The largest absolute Gasteiger partial charge is 0.504 e. The third-order valence-electron chi connectivity index (χ3n) is 6.34. The van der Waals surface area contributed by atoms with Crippen LogP contribution in [-0.2, 0) is 16.0 Å². The molecule has 0 unspecified atom stereocenters. The number of aromatic amines is 1. The number of phenols is 3. The second-order valence-electron chi connectivity index (χ2n) is 8.83. The number of ketones is 1. The highest BCUT2D eigenvalue weighted by Crippen LogP contribution is 2.38. The summed E-state index contributed by atoms with van der Waals surface area (Å²) in [7, 11) is 0. The summed E-state index contributed by atoms with van der Waals surface area (Å²) in [4.78, 5) is 27.8. The van der Waals surface area contributed by atoms with Crippen molar-refractivity contribution < 1.29 is 34.4 Å². The van der Waals surface area contributed by atoms with Crippen LogP contribution in [0, 0.1) is 5.92 Å². The number of H-pyrrole nitrogens is 1. The van der Waals surface area contributed by atoms with Gasteiger partial charge in [-0.1, -0.05) is 30.3 Å². The first kappa shape index (κ1) is 23.7. The number of para-hydroxylation sites is 1. The maximum Gasteiger partial charge on any atom is 0.307 e. The number of carbonyl (C=O) groups excluding carboxylic acids is 1. The van der Waals surface area contributed by atoms with Gasteiger partial charge in [-0.05, 0) is 60.0 Å². The molecule has 3 aromatic carbocycles. The van der Waals surface area contributed by atoms with E-state index >= 15 is 0 Å². The number of rotatable bonds is 8. The molecule has 0 amide bonds. The number of aromatic nitrogens is 1. The van der Waals surface area contributed by atoms with Gasteiger partial charge < -0.3 is 29.8 Å². The lowest BCUT2D eigenvalue weighted by atomic mass is 9.93. The van der Waals surface area contributed by atoms with Gasteiger partial charge in [0.1, 0.15) is 5.76 Å². The number of carboxylic acid groups (broad SMARTS) is 1. The van der Waals surface area contributed by atoms with Crippen LogP contribution in [-0.4, -0.2) is 37.2 Å². The number of furan rings is 1. The Labute approximate surface area is 210 Å². The van der Waals surface area contributed by atoms with E-state index in [9.17, 15) is 30.0 Å². The Kier molecular flexibility index (Phi) is 6.15. The summed E-state index contributed by atoms with van der Waals surface area (Å²) in [6.45, 7) is 0. The average molecular weight is 498 g/mol. The molecule has 2 heterocycles. The molecule has 0 aliphatic carbocycles. The van der Waals surface area contributed by atoms with Crippen LogP contribution in [0.4, 0.5) is 0 Å². The number of nitrogens with one attached hydrogen (secondary N) is 1. The van der Waals surface area contributed by atoms with E-state index in [0.29, 0.717) is 22.3 Å². The summed E-state index contributed by atoms with van der Waals surface area (Å²) < 4.78 is 5.77. The van der Waals surface area contributed by atoms with Crippen molar-refractivity contribution in [1.82, 2.24) is 4.98 Å². The molecule has 8 heteroatoms. The van der Waals surface area contributed by atoms with Crippen molar-refractivity contribution in [2.45, 2.75) is 12.8 Å². The number of benzene rings is 3. The summed E-state index contributed by atoms with van der Waals surface area (Å²) in [6, 6.07) is 16.5. The minimum atomic E-state index is -1.05. The number of hydrogen-bond donors (Lipinski definition) is 5. The SMILES string of the molecule is O=C(/C=C/c1ccc(O)c2oc(-c3ccc(O)c(O)c3)cc12)C[C@H](Cc1c[nH]c2ccccc12)C(=O)O. The number of aliphatic carboxylic acids is 1. The van der Waals surface area contributed by atoms with E-state index in [1.54, 1.807) is 30.5 Å². The maximum absolute atomic E-state index is 12.7. The van der Waals surface area contributed by atoms with E-state index in [2.05, 4.69) is 4.98 Å². The fourth-order valence-electron chi connectivity index (χ4n) is 4.40. The van der Waals surface area contributed by atoms with Gasteiger partial charge in [0.05, 0.1) is 5.92 Å². The van der Waals surface area contributed by atoms with Gasteiger partial charge in [-0.15, -0.1) is 0 Å².